The van der Waals surface area contributed by atoms with E-state index in [1.165, 1.54) is 5.56 Å². The number of hydrogen-bond acceptors (Lipinski definition) is 3. The van der Waals surface area contributed by atoms with Crippen molar-refractivity contribution in [1.29, 1.82) is 5.26 Å². The molecule has 1 aromatic carbocycles. The van der Waals surface area contributed by atoms with Gasteiger partial charge in [0.1, 0.15) is 0 Å². The second-order valence-electron chi connectivity index (χ2n) is 5.25. The summed E-state index contributed by atoms with van der Waals surface area (Å²) in [6, 6.07) is 10.5. The zero-order valence-electron chi connectivity index (χ0n) is 11.9. The topological polar surface area (TPSA) is 36.3 Å². The van der Waals surface area contributed by atoms with Gasteiger partial charge in [-0.2, -0.15) is 5.26 Å². The van der Waals surface area contributed by atoms with Gasteiger partial charge in [-0.25, -0.2) is 0 Å². The van der Waals surface area contributed by atoms with E-state index in [0.29, 0.717) is 19.6 Å². The number of benzene rings is 1. The SMILES string of the molecule is C=CC(=C)N1CCC(C#N)(OCc2cccc(C)c2)C1. The van der Waals surface area contributed by atoms with Crippen LogP contribution in [-0.4, -0.2) is 23.6 Å². The fraction of sp³-hybridized carbons (Fsp3) is 0.353. The summed E-state index contributed by atoms with van der Waals surface area (Å²) < 4.78 is 5.93. The van der Waals surface area contributed by atoms with Crippen molar-refractivity contribution >= 4 is 0 Å². The normalized spacial score (nSPS) is 21.5. The number of rotatable bonds is 5. The average Bonchev–Trinajstić information content (AvgIpc) is 2.90. The lowest BCUT2D eigenvalue weighted by molar-refractivity contribution is -0.00489. The van der Waals surface area contributed by atoms with E-state index in [4.69, 9.17) is 4.74 Å². The second-order valence-corrected chi connectivity index (χ2v) is 5.25. The molecule has 0 N–H and O–H groups in total. The van der Waals surface area contributed by atoms with Gasteiger partial charge in [0.15, 0.2) is 5.60 Å². The molecule has 1 saturated heterocycles. The van der Waals surface area contributed by atoms with Gasteiger partial charge in [-0.1, -0.05) is 43.0 Å². The van der Waals surface area contributed by atoms with Gasteiger partial charge in [0.2, 0.25) is 0 Å². The first-order chi connectivity index (χ1) is 9.58. The molecule has 3 nitrogen and oxygen atoms in total. The van der Waals surface area contributed by atoms with Gasteiger partial charge in [-0.15, -0.1) is 0 Å². The average molecular weight is 268 g/mol. The Morgan fingerprint density at radius 3 is 3.05 bits per heavy atom. The molecule has 1 heterocycles. The molecule has 1 unspecified atom stereocenters. The van der Waals surface area contributed by atoms with E-state index in [0.717, 1.165) is 17.8 Å². The molecule has 20 heavy (non-hydrogen) atoms. The van der Waals surface area contributed by atoms with E-state index in [-0.39, 0.29) is 0 Å². The molecule has 1 aromatic rings. The molecule has 0 radical (unpaired) electrons. The molecule has 3 heteroatoms. The van der Waals surface area contributed by atoms with Crippen LogP contribution in [-0.2, 0) is 11.3 Å². The summed E-state index contributed by atoms with van der Waals surface area (Å²) in [6.07, 6.45) is 2.41. The van der Waals surface area contributed by atoms with Crippen LogP contribution in [0.25, 0.3) is 0 Å². The molecule has 1 aliphatic rings. The van der Waals surface area contributed by atoms with E-state index < -0.39 is 5.60 Å². The molecule has 2 rings (SSSR count). The molecule has 1 aliphatic heterocycles. The van der Waals surface area contributed by atoms with Crippen molar-refractivity contribution < 1.29 is 4.74 Å². The minimum Gasteiger partial charge on any atom is -0.368 e. The minimum absolute atomic E-state index is 0.462. The lowest BCUT2D eigenvalue weighted by Gasteiger charge is -2.23. The third kappa shape index (κ3) is 3.09. The zero-order valence-corrected chi connectivity index (χ0v) is 11.9. The third-order valence-corrected chi connectivity index (χ3v) is 3.68. The van der Waals surface area contributed by atoms with Crippen molar-refractivity contribution in [2.24, 2.45) is 0 Å². The summed E-state index contributed by atoms with van der Waals surface area (Å²) in [5, 5.41) is 9.46. The van der Waals surface area contributed by atoms with Gasteiger partial charge < -0.3 is 9.64 Å². The van der Waals surface area contributed by atoms with E-state index in [1.54, 1.807) is 6.08 Å². The van der Waals surface area contributed by atoms with Crippen LogP contribution in [0.15, 0.2) is 49.2 Å². The van der Waals surface area contributed by atoms with Gasteiger partial charge in [0.25, 0.3) is 0 Å². The maximum Gasteiger partial charge on any atom is 0.173 e. The Balaban J connectivity index is 2.02. The van der Waals surface area contributed by atoms with Gasteiger partial charge in [-0.05, 0) is 18.6 Å². The van der Waals surface area contributed by atoms with Crippen molar-refractivity contribution in [1.82, 2.24) is 4.90 Å². The Bertz CT molecular complexity index is 558. The molecule has 1 fully saturated rings. The zero-order chi connectivity index (χ0) is 14.6. The van der Waals surface area contributed by atoms with Gasteiger partial charge in [0.05, 0.1) is 19.2 Å². The van der Waals surface area contributed by atoms with Crippen LogP contribution in [0.4, 0.5) is 0 Å². The Morgan fingerprint density at radius 1 is 1.60 bits per heavy atom. The summed E-state index contributed by atoms with van der Waals surface area (Å²) in [5.74, 6) is 0. The summed E-state index contributed by atoms with van der Waals surface area (Å²) in [6.45, 7) is 11.5. The number of likely N-dealkylation sites (tertiary alicyclic amines) is 1. The molecule has 104 valence electrons. The molecule has 0 saturated carbocycles. The highest BCUT2D eigenvalue weighted by molar-refractivity contribution is 5.22. The summed E-state index contributed by atoms with van der Waals surface area (Å²) in [4.78, 5) is 2.05. The van der Waals surface area contributed by atoms with Crippen molar-refractivity contribution in [3.05, 3.63) is 60.3 Å². The van der Waals surface area contributed by atoms with E-state index >= 15 is 0 Å². The molecule has 1 atom stereocenters. The maximum atomic E-state index is 9.46. The van der Waals surface area contributed by atoms with Crippen molar-refractivity contribution in [3.8, 4) is 6.07 Å². The molecule has 0 amide bonds. The molecule has 0 bridgehead atoms. The molecule has 0 aromatic heterocycles. The maximum absolute atomic E-state index is 9.46. The smallest absolute Gasteiger partial charge is 0.173 e. The number of nitriles is 1. The summed E-state index contributed by atoms with van der Waals surface area (Å²) in [5.41, 5.74) is 2.41. The predicted octanol–water partition coefficient (Wildman–Crippen LogP) is 3.18. The van der Waals surface area contributed by atoms with Crippen LogP contribution < -0.4 is 0 Å². The number of allylic oxidation sites excluding steroid dienone is 1. The van der Waals surface area contributed by atoms with Crippen LogP contribution in [0.3, 0.4) is 0 Å². The number of ether oxygens (including phenoxy) is 1. The highest BCUT2D eigenvalue weighted by Gasteiger charge is 2.39. The van der Waals surface area contributed by atoms with Crippen LogP contribution in [0, 0.1) is 18.3 Å². The molecular weight excluding hydrogens is 248 g/mol. The van der Waals surface area contributed by atoms with E-state index in [2.05, 4.69) is 38.3 Å². The molecular formula is C17H20N2O. The second kappa shape index (κ2) is 5.94. The number of hydrogen-bond donors (Lipinski definition) is 0. The first-order valence-electron chi connectivity index (χ1n) is 6.75. The van der Waals surface area contributed by atoms with Crippen LogP contribution in [0.1, 0.15) is 17.5 Å². The number of nitrogens with zero attached hydrogens (tertiary/aromatic N) is 2. The monoisotopic (exact) mass is 268 g/mol. The van der Waals surface area contributed by atoms with E-state index in [9.17, 15) is 5.26 Å². The van der Waals surface area contributed by atoms with E-state index in [1.807, 2.05) is 17.0 Å². The largest absolute Gasteiger partial charge is 0.368 e. The first kappa shape index (κ1) is 14.4. The quantitative estimate of drug-likeness (QED) is 0.769. The summed E-state index contributed by atoms with van der Waals surface area (Å²) in [7, 11) is 0. The minimum atomic E-state index is -0.740. The Kier molecular flexibility index (Phi) is 4.26. The lowest BCUT2D eigenvalue weighted by atomic mass is 10.1. The van der Waals surface area contributed by atoms with Crippen molar-refractivity contribution in [2.45, 2.75) is 25.6 Å². The molecule has 0 aliphatic carbocycles. The van der Waals surface area contributed by atoms with Gasteiger partial charge in [0, 0.05) is 18.7 Å². The third-order valence-electron chi connectivity index (χ3n) is 3.68. The molecule has 0 spiro atoms. The van der Waals surface area contributed by atoms with Crippen molar-refractivity contribution in [2.75, 3.05) is 13.1 Å². The lowest BCUT2D eigenvalue weighted by Crippen LogP contribution is -2.34. The highest BCUT2D eigenvalue weighted by Crippen LogP contribution is 2.28. The fourth-order valence-electron chi connectivity index (χ4n) is 2.42. The first-order valence-corrected chi connectivity index (χ1v) is 6.75. The number of aryl methyl sites for hydroxylation is 1. The van der Waals surface area contributed by atoms with Crippen LogP contribution >= 0.6 is 0 Å². The van der Waals surface area contributed by atoms with Gasteiger partial charge in [-0.3, -0.25) is 0 Å². The Hall–Kier alpha value is -2.05. The Labute approximate surface area is 120 Å². The standard InChI is InChI=1S/C17H20N2O/c1-4-15(3)19-9-8-17(12-18,13-19)20-11-16-7-5-6-14(2)10-16/h4-7,10H,1,3,8-9,11,13H2,2H3. The summed E-state index contributed by atoms with van der Waals surface area (Å²) >= 11 is 0. The van der Waals surface area contributed by atoms with Gasteiger partial charge >= 0.3 is 0 Å². The Morgan fingerprint density at radius 2 is 2.40 bits per heavy atom. The highest BCUT2D eigenvalue weighted by atomic mass is 16.5. The van der Waals surface area contributed by atoms with Crippen LogP contribution in [0.2, 0.25) is 0 Å². The van der Waals surface area contributed by atoms with Crippen molar-refractivity contribution in [3.63, 3.8) is 0 Å². The fourth-order valence-corrected chi connectivity index (χ4v) is 2.42. The predicted molar refractivity (Wildman–Crippen MR) is 79.8 cm³/mol. The van der Waals surface area contributed by atoms with Crippen LogP contribution in [0.5, 0.6) is 0 Å².